The normalized spacial score (nSPS) is 27.4. The smallest absolute Gasteiger partial charge is 0.326 e. The molecular weight excluding hydrogens is 724 g/mol. The Labute approximate surface area is 322 Å². The van der Waals surface area contributed by atoms with Crippen molar-refractivity contribution in [2.75, 3.05) is 20.8 Å². The third kappa shape index (κ3) is 13.8. The number of rotatable bonds is 21. The Bertz CT molecular complexity index is 1420. The maximum atomic E-state index is 15.6. The predicted molar refractivity (Wildman–Crippen MR) is 202 cm³/mol. The van der Waals surface area contributed by atoms with Gasteiger partial charge in [0.05, 0.1) is 23.7 Å². The van der Waals surface area contributed by atoms with E-state index in [0.717, 1.165) is 5.57 Å². The van der Waals surface area contributed by atoms with Crippen molar-refractivity contribution in [3.05, 3.63) is 48.6 Å². The lowest BCUT2D eigenvalue weighted by Crippen LogP contribution is -2.63. The Morgan fingerprint density at radius 3 is 2.35 bits per heavy atom. The first kappa shape index (κ1) is 47.4. The molecule has 2 amide bonds. The summed E-state index contributed by atoms with van der Waals surface area (Å²) in [5, 5.41) is 36.1. The zero-order valence-electron chi connectivity index (χ0n) is 32.7. The number of carboxylic acids is 1. The zero-order chi connectivity index (χ0) is 41.6. The number of nitrogens with two attached hydrogens (primary N) is 2. The van der Waals surface area contributed by atoms with Gasteiger partial charge in [0, 0.05) is 52.0 Å². The first-order valence-electron chi connectivity index (χ1n) is 18.4. The van der Waals surface area contributed by atoms with Crippen LogP contribution in [0, 0.1) is 11.3 Å². The summed E-state index contributed by atoms with van der Waals surface area (Å²) >= 11 is 0. The van der Waals surface area contributed by atoms with Crippen molar-refractivity contribution >= 4 is 23.7 Å². The number of hydrogen-bond donors (Lipinski definition) is 7. The number of carbonyl (C=O) groups excluding carboxylic acids is 2. The number of aliphatic hydroxyl groups is 2. The quantitative estimate of drug-likeness (QED) is 0.0169. The summed E-state index contributed by atoms with van der Waals surface area (Å²) in [5.74, 6) is -7.84. The number of amides is 2. The number of unbranched alkanes of at least 4 members (excludes halogenated alkanes) is 1. The minimum absolute atomic E-state index is 0.0426. The van der Waals surface area contributed by atoms with Gasteiger partial charge < -0.3 is 56.4 Å². The molecule has 9 atom stereocenters. The number of nitrogens with one attached hydrogen (secondary N) is 2. The average molecular weight is 786 g/mol. The third-order valence-electron chi connectivity index (χ3n) is 10.3. The minimum Gasteiger partial charge on any atom is -0.480 e. The van der Waals surface area contributed by atoms with E-state index in [1.807, 2.05) is 13.0 Å². The van der Waals surface area contributed by atoms with Crippen molar-refractivity contribution in [3.8, 4) is 0 Å². The molecule has 2 fully saturated rings. The molecule has 9 N–H and O–H groups in total. The minimum atomic E-state index is -3.26. The largest absolute Gasteiger partial charge is 0.480 e. The van der Waals surface area contributed by atoms with E-state index in [0.29, 0.717) is 25.7 Å². The number of ether oxygens (including phenoxy) is 4. The lowest BCUT2D eigenvalue weighted by atomic mass is 9.73. The summed E-state index contributed by atoms with van der Waals surface area (Å²) in [5.41, 5.74) is 9.55. The molecule has 2 saturated heterocycles. The summed E-state index contributed by atoms with van der Waals surface area (Å²) in [6.45, 7) is 10.7. The van der Waals surface area contributed by atoms with Crippen LogP contribution in [0.2, 0.25) is 0 Å². The molecule has 55 heavy (non-hydrogen) atoms. The van der Waals surface area contributed by atoms with Gasteiger partial charge in [0.15, 0.2) is 18.3 Å². The summed E-state index contributed by atoms with van der Waals surface area (Å²) in [6.07, 6.45) is 3.58. The van der Waals surface area contributed by atoms with Gasteiger partial charge in [-0.05, 0) is 39.0 Å². The van der Waals surface area contributed by atoms with Gasteiger partial charge in [-0.15, -0.1) is 0 Å². The van der Waals surface area contributed by atoms with E-state index in [2.05, 4.69) is 22.2 Å². The Morgan fingerprint density at radius 2 is 1.75 bits per heavy atom. The fourth-order valence-electron chi connectivity index (χ4n) is 6.36. The average Bonchev–Trinajstić information content (AvgIpc) is 3.11. The van der Waals surface area contributed by atoms with E-state index in [1.165, 1.54) is 40.2 Å². The fourth-order valence-corrected chi connectivity index (χ4v) is 6.36. The number of aliphatic hydroxyl groups excluding tert-OH is 2. The molecule has 17 heteroatoms. The fraction of sp³-hybridized carbons (Fsp3) is 0.684. The number of allylic oxidation sites excluding steroid dienone is 5. The highest BCUT2D eigenvalue weighted by atomic mass is 19.3. The highest BCUT2D eigenvalue weighted by Crippen LogP contribution is 2.50. The number of carboxylic acid groups (broad SMARTS) is 1. The first-order chi connectivity index (χ1) is 25.7. The van der Waals surface area contributed by atoms with Crippen LogP contribution in [0.5, 0.6) is 0 Å². The maximum Gasteiger partial charge on any atom is 0.326 e. The second kappa shape index (κ2) is 21.5. The van der Waals surface area contributed by atoms with Crippen LogP contribution in [0.1, 0.15) is 79.1 Å². The molecule has 0 aliphatic carbocycles. The summed E-state index contributed by atoms with van der Waals surface area (Å²) < 4.78 is 54.2. The molecule has 2 heterocycles. The number of carbonyl (C=O) groups is 3. The van der Waals surface area contributed by atoms with Crippen LogP contribution in [0.15, 0.2) is 53.6 Å². The molecule has 312 valence electrons. The summed E-state index contributed by atoms with van der Waals surface area (Å²) in [6, 6.07) is -1.09. The number of aliphatic carboxylic acids is 1. The van der Waals surface area contributed by atoms with Crippen LogP contribution in [0.4, 0.5) is 8.78 Å². The van der Waals surface area contributed by atoms with E-state index in [-0.39, 0.29) is 37.7 Å². The van der Waals surface area contributed by atoms with Gasteiger partial charge in [-0.1, -0.05) is 63.3 Å². The monoisotopic (exact) mass is 785 g/mol. The van der Waals surface area contributed by atoms with Crippen LogP contribution in [0.3, 0.4) is 0 Å². The van der Waals surface area contributed by atoms with Crippen molar-refractivity contribution in [1.29, 1.82) is 0 Å². The number of hydrogen-bond acceptors (Lipinski definition) is 10. The molecule has 0 bridgehead atoms. The Kier molecular flexibility index (Phi) is 18.6. The number of halogens is 2. The van der Waals surface area contributed by atoms with Gasteiger partial charge in [-0.25, -0.2) is 13.6 Å². The Morgan fingerprint density at radius 1 is 1.07 bits per heavy atom. The number of methoxy groups -OCH3 is 2. The molecule has 15 nitrogen and oxygen atoms in total. The van der Waals surface area contributed by atoms with Crippen LogP contribution >= 0.6 is 0 Å². The van der Waals surface area contributed by atoms with Crippen LogP contribution in [0.25, 0.3) is 0 Å². The van der Waals surface area contributed by atoms with Crippen molar-refractivity contribution in [2.24, 2.45) is 27.8 Å². The van der Waals surface area contributed by atoms with E-state index in [4.69, 9.17) is 30.4 Å². The van der Waals surface area contributed by atoms with Crippen molar-refractivity contribution in [2.45, 2.75) is 134 Å². The Hall–Kier alpha value is -3.74. The standard InChI is InChI=1S/C38H61F2N5O10/c1-23-21-37(53-7,55-25(3)24(23)2)31(48)32(49)45-33(52-6)28-22-38(39,40)36(4,5)29(54-28)20-26(46)16-13-11-9-8-10-12-14-18-30(47)44-27(34(50)51)17-15-19-43-35(41)42/h8-10,12,14,18,24-29,31,33,46,48H,1,11,13,15-17,19-22H2,2-7H3,(H,44,47)(H,45,49)(H,50,51)(H4,41,42,43)/b9-8+,12-10+,18-14+/t24?,25?,26?,27?,28-,29?,31?,33-,37+/m0/s1. The van der Waals surface area contributed by atoms with Crippen LogP contribution < -0.4 is 22.1 Å². The first-order valence-corrected chi connectivity index (χ1v) is 18.4. The Balaban J connectivity index is 1.90. The predicted octanol–water partition coefficient (Wildman–Crippen LogP) is 2.81. The number of alkyl halides is 2. The molecule has 0 spiro atoms. The number of nitrogens with zero attached hydrogens (tertiary/aromatic N) is 1. The second-order valence-corrected chi connectivity index (χ2v) is 14.7. The van der Waals surface area contributed by atoms with Crippen LogP contribution in [-0.4, -0.2) is 114 Å². The molecular formula is C38H61F2N5O10. The summed E-state index contributed by atoms with van der Waals surface area (Å²) in [4.78, 5) is 40.6. The third-order valence-corrected chi connectivity index (χ3v) is 10.3. The molecule has 0 aromatic rings. The number of aliphatic imine (C=N–C) groups is 1. The van der Waals surface area contributed by atoms with Crippen molar-refractivity contribution in [1.82, 2.24) is 10.6 Å². The molecule has 2 aliphatic heterocycles. The molecule has 0 aromatic carbocycles. The van der Waals surface area contributed by atoms with Gasteiger partial charge in [-0.3, -0.25) is 14.6 Å². The van der Waals surface area contributed by atoms with E-state index in [9.17, 15) is 29.7 Å². The van der Waals surface area contributed by atoms with Gasteiger partial charge in [0.25, 0.3) is 11.8 Å². The van der Waals surface area contributed by atoms with Gasteiger partial charge in [-0.2, -0.15) is 0 Å². The van der Waals surface area contributed by atoms with E-state index in [1.54, 1.807) is 25.2 Å². The molecule has 0 radical (unpaired) electrons. The second-order valence-electron chi connectivity index (χ2n) is 14.7. The van der Waals surface area contributed by atoms with Crippen molar-refractivity contribution in [3.63, 3.8) is 0 Å². The molecule has 2 rings (SSSR count). The lowest BCUT2D eigenvalue weighted by molar-refractivity contribution is -0.299. The molecule has 0 aromatic heterocycles. The summed E-state index contributed by atoms with van der Waals surface area (Å²) in [7, 11) is 2.52. The lowest BCUT2D eigenvalue weighted by Gasteiger charge is -2.49. The van der Waals surface area contributed by atoms with Crippen LogP contribution in [-0.2, 0) is 33.3 Å². The van der Waals surface area contributed by atoms with E-state index >= 15 is 8.78 Å². The molecule has 0 saturated carbocycles. The molecule has 2 aliphatic rings. The SMILES string of the molecule is C=C1C[C@](OC)(C(O)C(=O)N[C@@H](OC)[C@@H]2CC(F)(F)C(C)(C)C(CC(O)CCC/C=C/C=C/C=C/C(=O)NC(CCCN=C(N)N)C(=O)O)O2)OC(C)C1C. The maximum absolute atomic E-state index is 15.6. The zero-order valence-corrected chi connectivity index (χ0v) is 32.7. The van der Waals surface area contributed by atoms with Gasteiger partial charge in [0.1, 0.15) is 12.1 Å². The van der Waals surface area contributed by atoms with Gasteiger partial charge >= 0.3 is 5.97 Å². The van der Waals surface area contributed by atoms with Gasteiger partial charge in [0.2, 0.25) is 11.7 Å². The highest BCUT2D eigenvalue weighted by molar-refractivity contribution is 5.91. The van der Waals surface area contributed by atoms with Crippen molar-refractivity contribution < 1.29 is 57.4 Å². The number of guanidine groups is 1. The topological polar surface area (TPSA) is 237 Å². The molecule has 6 unspecified atom stereocenters. The highest BCUT2D eigenvalue weighted by Gasteiger charge is 2.59. The van der Waals surface area contributed by atoms with E-state index < -0.39 is 84.1 Å².